The average molecular weight is 540 g/mol. The second kappa shape index (κ2) is 11.4. The molecule has 0 amide bonds. The summed E-state index contributed by atoms with van der Waals surface area (Å²) in [7, 11) is -2.38. The van der Waals surface area contributed by atoms with Crippen molar-refractivity contribution in [2.75, 3.05) is 13.2 Å². The van der Waals surface area contributed by atoms with E-state index in [4.69, 9.17) is 0 Å². The van der Waals surface area contributed by atoms with Crippen LogP contribution >= 0.6 is 0 Å². The Bertz CT molecular complexity index is 1360. The Kier molecular flexibility index (Phi) is 7.53. The zero-order valence-corrected chi connectivity index (χ0v) is 24.1. The van der Waals surface area contributed by atoms with E-state index in [1.807, 2.05) is 0 Å². The molecule has 200 valence electrons. The number of benzene rings is 5. The minimum absolute atomic E-state index is 0.113. The fraction of sp³-hybridized carbons (Fsp3) is 0.189. The van der Waals surface area contributed by atoms with E-state index in [1.165, 1.54) is 27.1 Å². The van der Waals surface area contributed by atoms with Crippen LogP contribution in [-0.4, -0.2) is 37.3 Å². The van der Waals surface area contributed by atoms with E-state index in [2.05, 4.69) is 163 Å². The Morgan fingerprint density at radius 3 is 1.27 bits per heavy atom. The third kappa shape index (κ3) is 4.35. The van der Waals surface area contributed by atoms with Crippen molar-refractivity contribution in [3.05, 3.63) is 168 Å². The van der Waals surface area contributed by atoms with Gasteiger partial charge < -0.3 is 5.11 Å². The first-order valence-electron chi connectivity index (χ1n) is 14.4. The number of likely N-dealkylation sites (tertiary alicyclic amines) is 1. The Labute approximate surface area is 239 Å². The fourth-order valence-corrected chi connectivity index (χ4v) is 11.6. The SMILES string of the molecule is C[Si](c1ccccc1)(c1ccccc1)[C@H](CO)[C@@H]1CCN1C(c1ccccc1)(c1ccccc1)c1ccccc1. The lowest BCUT2D eigenvalue weighted by atomic mass is 9.72. The Balaban J connectivity index is 1.57. The predicted molar refractivity (Wildman–Crippen MR) is 169 cm³/mol. The predicted octanol–water partition coefficient (Wildman–Crippen LogP) is 6.31. The van der Waals surface area contributed by atoms with Crippen molar-refractivity contribution in [2.45, 2.75) is 30.1 Å². The van der Waals surface area contributed by atoms with Gasteiger partial charge in [0.1, 0.15) is 8.07 Å². The third-order valence-corrected chi connectivity index (χ3v) is 14.3. The van der Waals surface area contributed by atoms with Crippen LogP contribution in [0.5, 0.6) is 0 Å². The number of aliphatic hydroxyl groups is 1. The second-order valence-corrected chi connectivity index (χ2v) is 15.4. The van der Waals surface area contributed by atoms with Crippen LogP contribution in [0, 0.1) is 0 Å². The maximum absolute atomic E-state index is 11.3. The van der Waals surface area contributed by atoms with Crippen molar-refractivity contribution < 1.29 is 5.11 Å². The molecule has 40 heavy (non-hydrogen) atoms. The summed E-state index contributed by atoms with van der Waals surface area (Å²) >= 11 is 0. The normalized spacial score (nSPS) is 16.7. The van der Waals surface area contributed by atoms with Gasteiger partial charge >= 0.3 is 0 Å². The van der Waals surface area contributed by atoms with E-state index in [0.717, 1.165) is 13.0 Å². The lowest BCUT2D eigenvalue weighted by Gasteiger charge is -2.59. The first kappa shape index (κ1) is 26.5. The molecule has 0 saturated carbocycles. The van der Waals surface area contributed by atoms with Gasteiger partial charge in [0.25, 0.3) is 0 Å². The van der Waals surface area contributed by atoms with Gasteiger partial charge in [-0.05, 0) is 23.1 Å². The van der Waals surface area contributed by atoms with Crippen LogP contribution in [0.3, 0.4) is 0 Å². The van der Waals surface area contributed by atoms with Gasteiger partial charge in [0, 0.05) is 24.7 Å². The molecule has 1 fully saturated rings. The molecule has 0 aliphatic carbocycles. The molecule has 3 heteroatoms. The smallest absolute Gasteiger partial charge is 0.121 e. The topological polar surface area (TPSA) is 23.5 Å². The zero-order chi connectivity index (χ0) is 27.4. The standard InChI is InChI=1S/C37H37NOSi/c1-40(33-23-13-5-14-24-33,34-25-15-6-16-26-34)36(29-39)35-27-28-38(35)37(30-17-7-2-8-18-30,31-19-9-3-10-20-31)32-21-11-4-12-22-32/h2-26,35-36,39H,27-29H2,1H3/t35-,36+/m0/s1. The van der Waals surface area contributed by atoms with Gasteiger partial charge in [-0.1, -0.05) is 169 Å². The summed E-state index contributed by atoms with van der Waals surface area (Å²) in [6.45, 7) is 3.58. The summed E-state index contributed by atoms with van der Waals surface area (Å²) in [5.41, 5.74) is 3.43. The second-order valence-electron chi connectivity index (χ2n) is 11.1. The van der Waals surface area contributed by atoms with E-state index in [1.54, 1.807) is 0 Å². The number of hydrogen-bond donors (Lipinski definition) is 1. The van der Waals surface area contributed by atoms with E-state index in [-0.39, 0.29) is 18.2 Å². The van der Waals surface area contributed by atoms with Crippen molar-refractivity contribution in [3.8, 4) is 0 Å². The summed E-state index contributed by atoms with van der Waals surface area (Å²) in [5, 5.41) is 14.1. The summed E-state index contributed by atoms with van der Waals surface area (Å²) in [5.74, 6) is 0. The largest absolute Gasteiger partial charge is 0.396 e. The molecular weight excluding hydrogens is 502 g/mol. The van der Waals surface area contributed by atoms with Crippen LogP contribution in [0.1, 0.15) is 23.1 Å². The van der Waals surface area contributed by atoms with Crippen LogP contribution in [-0.2, 0) is 5.54 Å². The van der Waals surface area contributed by atoms with Gasteiger partial charge in [-0.2, -0.15) is 0 Å². The fourth-order valence-electron chi connectivity index (χ4n) is 7.13. The molecule has 0 unspecified atom stereocenters. The third-order valence-electron chi connectivity index (χ3n) is 9.22. The summed E-state index contributed by atoms with van der Waals surface area (Å²) < 4.78 is 0. The highest BCUT2D eigenvalue weighted by Crippen LogP contribution is 2.50. The van der Waals surface area contributed by atoms with Gasteiger partial charge in [-0.3, -0.25) is 4.90 Å². The van der Waals surface area contributed by atoms with Crippen molar-refractivity contribution in [1.29, 1.82) is 0 Å². The highest BCUT2D eigenvalue weighted by Gasteiger charge is 2.55. The van der Waals surface area contributed by atoms with Crippen LogP contribution in [0.25, 0.3) is 0 Å². The van der Waals surface area contributed by atoms with E-state index >= 15 is 0 Å². The summed E-state index contributed by atoms with van der Waals surface area (Å²) in [6.07, 6.45) is 1.06. The lowest BCUT2D eigenvalue weighted by Crippen LogP contribution is -2.70. The Morgan fingerprint density at radius 2 is 0.975 bits per heavy atom. The molecule has 5 aromatic rings. The van der Waals surface area contributed by atoms with Gasteiger partial charge in [-0.25, -0.2) is 0 Å². The van der Waals surface area contributed by atoms with Gasteiger partial charge in [0.05, 0.1) is 5.54 Å². The highest BCUT2D eigenvalue weighted by atomic mass is 28.3. The molecule has 5 aromatic carbocycles. The van der Waals surface area contributed by atoms with Crippen LogP contribution < -0.4 is 10.4 Å². The lowest BCUT2D eigenvalue weighted by molar-refractivity contribution is -0.000653. The maximum atomic E-state index is 11.3. The van der Waals surface area contributed by atoms with E-state index < -0.39 is 13.6 Å². The van der Waals surface area contributed by atoms with Crippen LogP contribution in [0.15, 0.2) is 152 Å². The van der Waals surface area contributed by atoms with Crippen molar-refractivity contribution in [1.82, 2.24) is 4.90 Å². The number of aliphatic hydroxyl groups excluding tert-OH is 1. The molecule has 1 aliphatic heterocycles. The van der Waals surface area contributed by atoms with Gasteiger partial charge in [0.15, 0.2) is 0 Å². The quantitative estimate of drug-likeness (QED) is 0.175. The summed E-state index contributed by atoms with van der Waals surface area (Å²) in [4.78, 5) is 2.70. The number of rotatable bonds is 9. The van der Waals surface area contributed by atoms with Crippen molar-refractivity contribution in [2.24, 2.45) is 0 Å². The molecule has 1 aliphatic rings. The monoisotopic (exact) mass is 539 g/mol. The highest BCUT2D eigenvalue weighted by molar-refractivity contribution is 7.02. The first-order chi connectivity index (χ1) is 19.7. The van der Waals surface area contributed by atoms with E-state index in [9.17, 15) is 5.11 Å². The molecule has 0 bridgehead atoms. The maximum Gasteiger partial charge on any atom is 0.121 e. The van der Waals surface area contributed by atoms with Gasteiger partial charge in [0.2, 0.25) is 0 Å². The zero-order valence-electron chi connectivity index (χ0n) is 23.1. The van der Waals surface area contributed by atoms with E-state index in [0.29, 0.717) is 0 Å². The molecule has 1 N–H and O–H groups in total. The Morgan fingerprint density at radius 1 is 0.625 bits per heavy atom. The van der Waals surface area contributed by atoms with Crippen molar-refractivity contribution in [3.63, 3.8) is 0 Å². The van der Waals surface area contributed by atoms with Crippen LogP contribution in [0.4, 0.5) is 0 Å². The van der Waals surface area contributed by atoms with Crippen molar-refractivity contribution >= 4 is 18.4 Å². The number of hydrogen-bond acceptors (Lipinski definition) is 2. The molecule has 0 radical (unpaired) electrons. The van der Waals surface area contributed by atoms with Crippen LogP contribution in [0.2, 0.25) is 12.1 Å². The minimum Gasteiger partial charge on any atom is -0.396 e. The molecule has 1 saturated heterocycles. The average Bonchev–Trinajstić information content (AvgIpc) is 3.03. The molecule has 0 aromatic heterocycles. The molecule has 6 rings (SSSR count). The molecular formula is C37H37NOSi. The molecule has 2 nitrogen and oxygen atoms in total. The number of nitrogens with zero attached hydrogens (tertiary/aromatic N) is 1. The molecule has 2 atom stereocenters. The molecule has 1 heterocycles. The first-order valence-corrected chi connectivity index (χ1v) is 16.9. The Hall–Kier alpha value is -3.76. The minimum atomic E-state index is -2.38. The molecule has 0 spiro atoms. The summed E-state index contributed by atoms with van der Waals surface area (Å²) in [6, 6.07) is 55.0. The van der Waals surface area contributed by atoms with Gasteiger partial charge in [-0.15, -0.1) is 0 Å².